The van der Waals surface area contributed by atoms with Gasteiger partial charge < -0.3 is 0 Å². The van der Waals surface area contributed by atoms with Gasteiger partial charge >= 0.3 is 0 Å². The third kappa shape index (κ3) is 3.55. The number of benzene rings is 2. The number of nitro groups is 3. The molecule has 0 aliphatic heterocycles. The normalized spacial score (nSPS) is 10.3. The van der Waals surface area contributed by atoms with Crippen LogP contribution < -0.4 is 0 Å². The number of nitro benzene ring substituents is 3. The maximum atomic E-state index is 11.1. The van der Waals surface area contributed by atoms with Gasteiger partial charge in [-0.05, 0) is 12.1 Å². The van der Waals surface area contributed by atoms with E-state index in [1.807, 2.05) is 0 Å². The lowest BCUT2D eigenvalue weighted by molar-refractivity contribution is -0.395. The van der Waals surface area contributed by atoms with Gasteiger partial charge in [0.2, 0.25) is 0 Å². The summed E-state index contributed by atoms with van der Waals surface area (Å²) in [6, 6.07) is 7.45. The fraction of sp³-hybridized carbons (Fsp3) is 0. The molecule has 0 radical (unpaired) electrons. The third-order valence-corrected chi connectivity index (χ3v) is 4.12. The van der Waals surface area contributed by atoms with Crippen molar-refractivity contribution in [3.63, 3.8) is 0 Å². The third-order valence-electron chi connectivity index (χ3n) is 2.70. The van der Waals surface area contributed by atoms with Crippen molar-refractivity contribution in [3.05, 3.63) is 71.8 Å². The van der Waals surface area contributed by atoms with Crippen molar-refractivity contribution in [2.75, 3.05) is 0 Å². The Hall–Kier alpha value is -2.72. The largest absolute Gasteiger partial charge is 0.294 e. The van der Waals surface area contributed by atoms with Crippen molar-refractivity contribution in [1.82, 2.24) is 0 Å². The van der Waals surface area contributed by atoms with Crippen LogP contribution in [0, 0.1) is 30.3 Å². The van der Waals surface area contributed by atoms with Crippen molar-refractivity contribution in [2.45, 2.75) is 9.79 Å². The van der Waals surface area contributed by atoms with Crippen molar-refractivity contribution < 1.29 is 14.8 Å². The lowest BCUT2D eigenvalue weighted by Gasteiger charge is -2.05. The second kappa shape index (κ2) is 6.58. The molecule has 0 aliphatic rings. The number of hydrogen-bond donors (Lipinski definition) is 0. The summed E-state index contributed by atoms with van der Waals surface area (Å²) in [5, 5.41) is 32.6. The molecule has 118 valence electrons. The van der Waals surface area contributed by atoms with Crippen molar-refractivity contribution in [3.8, 4) is 0 Å². The van der Waals surface area contributed by atoms with Crippen LogP contribution in [0.4, 0.5) is 17.1 Å². The topological polar surface area (TPSA) is 129 Å². The minimum Gasteiger partial charge on any atom is -0.258 e. The number of halogens is 1. The quantitative estimate of drug-likeness (QED) is 0.579. The summed E-state index contributed by atoms with van der Waals surface area (Å²) in [5.41, 5.74) is -1.39. The summed E-state index contributed by atoms with van der Waals surface area (Å²) in [5.74, 6) is 0. The number of hydrogen-bond acceptors (Lipinski definition) is 7. The maximum Gasteiger partial charge on any atom is 0.294 e. The van der Waals surface area contributed by atoms with Crippen molar-refractivity contribution in [1.29, 1.82) is 0 Å². The molecule has 0 saturated heterocycles. The molecule has 0 heterocycles. The minimum atomic E-state index is -0.839. The van der Waals surface area contributed by atoms with E-state index in [0.29, 0.717) is 0 Å². The van der Waals surface area contributed by atoms with Gasteiger partial charge in [-0.25, -0.2) is 0 Å². The molecule has 2 aromatic carbocycles. The summed E-state index contributed by atoms with van der Waals surface area (Å²) in [4.78, 5) is 30.8. The smallest absolute Gasteiger partial charge is 0.258 e. The van der Waals surface area contributed by atoms with E-state index in [1.165, 1.54) is 24.3 Å². The Labute approximate surface area is 137 Å². The molecule has 2 rings (SSSR count). The van der Waals surface area contributed by atoms with Gasteiger partial charge in [-0.2, -0.15) is 0 Å². The highest BCUT2D eigenvalue weighted by atomic mass is 35.5. The van der Waals surface area contributed by atoms with Gasteiger partial charge in [0.15, 0.2) is 0 Å². The summed E-state index contributed by atoms with van der Waals surface area (Å²) < 4.78 is 0. The van der Waals surface area contributed by atoms with E-state index in [4.69, 9.17) is 11.6 Å². The van der Waals surface area contributed by atoms with Gasteiger partial charge in [-0.1, -0.05) is 35.5 Å². The van der Waals surface area contributed by atoms with Crippen LogP contribution in [0.5, 0.6) is 0 Å². The first-order valence-electron chi connectivity index (χ1n) is 5.85. The van der Waals surface area contributed by atoms with Crippen molar-refractivity contribution in [2.24, 2.45) is 0 Å². The second-order valence-corrected chi connectivity index (χ2v) is 5.60. The van der Waals surface area contributed by atoms with Crippen LogP contribution in [0.15, 0.2) is 46.2 Å². The summed E-state index contributed by atoms with van der Waals surface area (Å²) in [7, 11) is 0. The predicted octanol–water partition coefficient (Wildman–Crippen LogP) is 4.22. The maximum absolute atomic E-state index is 11.1. The fourth-order valence-electron chi connectivity index (χ4n) is 1.71. The van der Waals surface area contributed by atoms with Crippen LogP contribution in [0.25, 0.3) is 0 Å². The lowest BCUT2D eigenvalue weighted by atomic mass is 10.3. The molecular weight excluding hydrogens is 350 g/mol. The van der Waals surface area contributed by atoms with E-state index in [9.17, 15) is 30.3 Å². The van der Waals surface area contributed by atoms with Crippen LogP contribution >= 0.6 is 23.4 Å². The Morgan fingerprint density at radius 1 is 0.783 bits per heavy atom. The molecule has 9 nitrogen and oxygen atoms in total. The SMILES string of the molecule is O=[N+]([O-])c1cc([N+](=O)[O-])c(Sc2ccccc2[N+](=O)[O-])cc1Cl. The molecule has 0 bridgehead atoms. The number of nitrogens with zero attached hydrogens (tertiary/aromatic N) is 3. The van der Waals surface area contributed by atoms with Crippen LogP contribution in [-0.4, -0.2) is 14.8 Å². The first-order chi connectivity index (χ1) is 10.8. The highest BCUT2D eigenvalue weighted by molar-refractivity contribution is 7.99. The van der Waals surface area contributed by atoms with Gasteiger partial charge in [-0.3, -0.25) is 30.3 Å². The molecule has 0 saturated carbocycles. The molecule has 2 aromatic rings. The molecule has 0 fully saturated rings. The van der Waals surface area contributed by atoms with Gasteiger partial charge in [0.25, 0.3) is 17.1 Å². The Morgan fingerprint density at radius 3 is 1.91 bits per heavy atom. The molecule has 0 amide bonds. The van der Waals surface area contributed by atoms with E-state index in [2.05, 4.69) is 0 Å². The summed E-state index contributed by atoms with van der Waals surface area (Å²) in [6.45, 7) is 0. The van der Waals surface area contributed by atoms with Crippen LogP contribution in [0.3, 0.4) is 0 Å². The second-order valence-electron chi connectivity index (χ2n) is 4.11. The van der Waals surface area contributed by atoms with Gasteiger partial charge in [-0.15, -0.1) is 0 Å². The van der Waals surface area contributed by atoms with Crippen LogP contribution in [0.1, 0.15) is 0 Å². The number of para-hydroxylation sites is 1. The first-order valence-corrected chi connectivity index (χ1v) is 7.04. The highest BCUT2D eigenvalue weighted by Crippen LogP contribution is 2.42. The Morgan fingerprint density at radius 2 is 1.35 bits per heavy atom. The summed E-state index contributed by atoms with van der Waals surface area (Å²) in [6.07, 6.45) is 0. The molecule has 0 aromatic heterocycles. The first kappa shape index (κ1) is 16.6. The van der Waals surface area contributed by atoms with Gasteiger partial charge in [0.1, 0.15) is 5.02 Å². The van der Waals surface area contributed by atoms with Gasteiger partial charge in [0, 0.05) is 6.07 Å². The van der Waals surface area contributed by atoms with E-state index < -0.39 is 26.1 Å². The Kier molecular flexibility index (Phi) is 4.77. The molecular formula is C12H6ClN3O6S. The van der Waals surface area contributed by atoms with Gasteiger partial charge in [0.05, 0.1) is 30.6 Å². The van der Waals surface area contributed by atoms with E-state index in [1.54, 1.807) is 0 Å². The molecule has 23 heavy (non-hydrogen) atoms. The standard InChI is InChI=1S/C12H6ClN3O6S/c13-7-5-12(10(16(21)22)6-9(7)15(19)20)23-11-4-2-1-3-8(11)14(17)18/h1-6H. The zero-order valence-corrected chi connectivity index (χ0v) is 12.6. The predicted molar refractivity (Wildman–Crippen MR) is 82.0 cm³/mol. The number of rotatable bonds is 5. The lowest BCUT2D eigenvalue weighted by Crippen LogP contribution is -1.96. The zero-order valence-electron chi connectivity index (χ0n) is 11.0. The van der Waals surface area contributed by atoms with E-state index >= 15 is 0 Å². The van der Waals surface area contributed by atoms with E-state index in [0.717, 1.165) is 23.9 Å². The molecule has 11 heteroatoms. The highest BCUT2D eigenvalue weighted by Gasteiger charge is 2.26. The van der Waals surface area contributed by atoms with Crippen LogP contribution in [0.2, 0.25) is 5.02 Å². The minimum absolute atomic E-state index is 0.0279. The molecule has 0 unspecified atom stereocenters. The Bertz CT molecular complexity index is 828. The van der Waals surface area contributed by atoms with Crippen molar-refractivity contribution >= 4 is 40.4 Å². The Balaban J connectivity index is 2.56. The van der Waals surface area contributed by atoms with E-state index in [-0.39, 0.29) is 20.5 Å². The summed E-state index contributed by atoms with van der Waals surface area (Å²) >= 11 is 6.50. The average molecular weight is 356 g/mol. The molecule has 0 aliphatic carbocycles. The fourth-order valence-corrected chi connectivity index (χ4v) is 3.05. The molecule has 0 N–H and O–H groups in total. The van der Waals surface area contributed by atoms with Crippen LogP contribution in [-0.2, 0) is 0 Å². The monoisotopic (exact) mass is 355 g/mol. The molecule has 0 atom stereocenters. The average Bonchev–Trinajstić information content (AvgIpc) is 2.46. The zero-order chi connectivity index (χ0) is 17.1. The molecule has 0 spiro atoms.